The second-order valence-corrected chi connectivity index (χ2v) is 4.99. The van der Waals surface area contributed by atoms with E-state index in [1.807, 2.05) is 10.8 Å². The van der Waals surface area contributed by atoms with Crippen molar-refractivity contribution in [1.29, 1.82) is 0 Å². The number of hydrogen-bond acceptors (Lipinski definition) is 3. The highest BCUT2D eigenvalue weighted by atomic mass is 16.4. The molecule has 0 saturated heterocycles. The molecule has 0 spiro atoms. The van der Waals surface area contributed by atoms with Gasteiger partial charge in [0.1, 0.15) is 0 Å². The van der Waals surface area contributed by atoms with Crippen LogP contribution in [-0.4, -0.2) is 33.1 Å². The minimum absolute atomic E-state index is 0.00520. The highest BCUT2D eigenvalue weighted by Crippen LogP contribution is 2.30. The van der Waals surface area contributed by atoms with Gasteiger partial charge in [-0.15, -0.1) is 0 Å². The lowest BCUT2D eigenvalue weighted by molar-refractivity contribution is -0.141. The number of hydrogen-bond donors (Lipinski definition) is 2. The molecule has 1 fully saturated rings. The molecular weight excluding hydrogens is 246 g/mol. The van der Waals surface area contributed by atoms with Gasteiger partial charge in [0.15, 0.2) is 0 Å². The van der Waals surface area contributed by atoms with Gasteiger partial charge in [-0.3, -0.25) is 9.59 Å². The number of aryl methyl sites for hydroxylation is 1. The van der Waals surface area contributed by atoms with E-state index in [9.17, 15) is 9.59 Å². The first-order valence-corrected chi connectivity index (χ1v) is 6.63. The lowest BCUT2D eigenvalue weighted by atomic mass is 10.0. The zero-order chi connectivity index (χ0) is 13.7. The van der Waals surface area contributed by atoms with E-state index in [1.165, 1.54) is 0 Å². The lowest BCUT2D eigenvalue weighted by Gasteiger charge is -2.10. The molecule has 104 valence electrons. The minimum Gasteiger partial charge on any atom is -0.481 e. The van der Waals surface area contributed by atoms with Crippen LogP contribution in [0.25, 0.3) is 0 Å². The quantitative estimate of drug-likeness (QED) is 0.748. The zero-order valence-electron chi connectivity index (χ0n) is 10.8. The number of carboxylic acid groups (broad SMARTS) is 1. The molecule has 0 aliphatic heterocycles. The van der Waals surface area contributed by atoms with E-state index in [2.05, 4.69) is 10.3 Å². The molecule has 6 heteroatoms. The van der Waals surface area contributed by atoms with Crippen molar-refractivity contribution in [3.63, 3.8) is 0 Å². The van der Waals surface area contributed by atoms with Crippen LogP contribution in [0.2, 0.25) is 0 Å². The van der Waals surface area contributed by atoms with Crippen LogP contribution in [0.4, 0.5) is 0 Å². The van der Waals surface area contributed by atoms with Crippen molar-refractivity contribution in [3.05, 3.63) is 18.7 Å². The average Bonchev–Trinajstić information content (AvgIpc) is 3.05. The fourth-order valence-electron chi connectivity index (χ4n) is 2.48. The Morgan fingerprint density at radius 3 is 2.79 bits per heavy atom. The molecule has 1 heterocycles. The van der Waals surface area contributed by atoms with Crippen LogP contribution >= 0.6 is 0 Å². The van der Waals surface area contributed by atoms with Crippen molar-refractivity contribution in [2.45, 2.75) is 32.2 Å². The number of aromatic nitrogens is 2. The molecule has 1 aromatic heterocycles. The predicted octanol–water partition coefficient (Wildman–Crippen LogP) is 0.890. The van der Waals surface area contributed by atoms with Gasteiger partial charge in [0.25, 0.3) is 0 Å². The second kappa shape index (κ2) is 6.36. The summed E-state index contributed by atoms with van der Waals surface area (Å²) in [5, 5.41) is 11.8. The van der Waals surface area contributed by atoms with E-state index in [-0.39, 0.29) is 17.7 Å². The second-order valence-electron chi connectivity index (χ2n) is 4.99. The number of carboxylic acids is 1. The Morgan fingerprint density at radius 2 is 2.16 bits per heavy atom. The summed E-state index contributed by atoms with van der Waals surface area (Å²) in [7, 11) is 0. The number of rotatable bonds is 6. The maximum atomic E-state index is 11.9. The Kier molecular flexibility index (Phi) is 4.54. The first-order chi connectivity index (χ1) is 9.16. The van der Waals surface area contributed by atoms with E-state index in [1.54, 1.807) is 12.5 Å². The highest BCUT2D eigenvalue weighted by Gasteiger charge is 2.33. The molecule has 1 aromatic rings. The summed E-state index contributed by atoms with van der Waals surface area (Å²) in [6, 6.07) is 0. The van der Waals surface area contributed by atoms with Crippen LogP contribution < -0.4 is 5.32 Å². The monoisotopic (exact) mass is 265 g/mol. The standard InChI is InChI=1S/C13H19N3O3/c17-12(10-2-3-11(8-10)13(18)19)15-4-1-6-16-7-5-14-9-16/h5,7,9-11H,1-4,6,8H2,(H,15,17)(H,18,19). The summed E-state index contributed by atoms with van der Waals surface area (Å²) in [5.74, 6) is -1.26. The van der Waals surface area contributed by atoms with Crippen LogP contribution in [0.15, 0.2) is 18.7 Å². The molecular formula is C13H19N3O3. The Labute approximate surface area is 111 Å². The first-order valence-electron chi connectivity index (χ1n) is 6.63. The van der Waals surface area contributed by atoms with Crippen molar-refractivity contribution >= 4 is 11.9 Å². The van der Waals surface area contributed by atoms with Crippen molar-refractivity contribution in [2.75, 3.05) is 6.54 Å². The Hall–Kier alpha value is -1.85. The summed E-state index contributed by atoms with van der Waals surface area (Å²) in [5.41, 5.74) is 0. The van der Waals surface area contributed by atoms with E-state index < -0.39 is 5.97 Å². The molecule has 2 N–H and O–H groups in total. The molecule has 2 unspecified atom stereocenters. The van der Waals surface area contributed by atoms with Gasteiger partial charge in [-0.1, -0.05) is 0 Å². The van der Waals surface area contributed by atoms with Crippen molar-refractivity contribution in [1.82, 2.24) is 14.9 Å². The van der Waals surface area contributed by atoms with Crippen molar-refractivity contribution < 1.29 is 14.7 Å². The fraction of sp³-hybridized carbons (Fsp3) is 0.615. The molecule has 6 nitrogen and oxygen atoms in total. The third-order valence-corrected chi connectivity index (χ3v) is 3.60. The SMILES string of the molecule is O=C(O)C1CCC(C(=O)NCCCn2ccnc2)C1. The van der Waals surface area contributed by atoms with Crippen LogP contribution in [0.1, 0.15) is 25.7 Å². The number of aliphatic carboxylic acids is 1. The van der Waals surface area contributed by atoms with Gasteiger partial charge in [-0.2, -0.15) is 0 Å². The molecule has 0 bridgehead atoms. The number of amides is 1. The minimum atomic E-state index is -0.782. The largest absolute Gasteiger partial charge is 0.481 e. The Balaban J connectivity index is 1.63. The molecule has 19 heavy (non-hydrogen) atoms. The number of carbonyl (C=O) groups excluding carboxylic acids is 1. The Bertz CT molecular complexity index is 430. The molecule has 1 aliphatic carbocycles. The van der Waals surface area contributed by atoms with Crippen LogP contribution in [-0.2, 0) is 16.1 Å². The lowest BCUT2D eigenvalue weighted by Crippen LogP contribution is -2.31. The maximum Gasteiger partial charge on any atom is 0.306 e. The topological polar surface area (TPSA) is 84.2 Å². The summed E-state index contributed by atoms with van der Waals surface area (Å²) in [6.07, 6.45) is 7.97. The summed E-state index contributed by atoms with van der Waals surface area (Å²) in [6.45, 7) is 1.44. The predicted molar refractivity (Wildman–Crippen MR) is 68.3 cm³/mol. The normalized spacial score (nSPS) is 22.3. The molecule has 1 aliphatic rings. The van der Waals surface area contributed by atoms with Crippen LogP contribution in [0, 0.1) is 11.8 Å². The van der Waals surface area contributed by atoms with Gasteiger partial charge < -0.3 is 15.0 Å². The number of nitrogens with one attached hydrogen (secondary N) is 1. The third kappa shape index (κ3) is 3.81. The van der Waals surface area contributed by atoms with Crippen molar-refractivity contribution in [2.24, 2.45) is 11.8 Å². The van der Waals surface area contributed by atoms with Gasteiger partial charge in [-0.25, -0.2) is 4.98 Å². The smallest absolute Gasteiger partial charge is 0.306 e. The molecule has 1 amide bonds. The van der Waals surface area contributed by atoms with E-state index >= 15 is 0 Å². The first kappa shape index (κ1) is 13.6. The molecule has 0 aromatic carbocycles. The van der Waals surface area contributed by atoms with Gasteiger partial charge in [0, 0.05) is 31.4 Å². The van der Waals surface area contributed by atoms with Gasteiger partial charge >= 0.3 is 5.97 Å². The van der Waals surface area contributed by atoms with E-state index in [0.717, 1.165) is 13.0 Å². The Morgan fingerprint density at radius 1 is 1.37 bits per heavy atom. The van der Waals surface area contributed by atoms with Gasteiger partial charge in [-0.05, 0) is 25.7 Å². The average molecular weight is 265 g/mol. The molecule has 1 saturated carbocycles. The molecule has 2 rings (SSSR count). The number of nitrogens with zero attached hydrogens (tertiary/aromatic N) is 2. The van der Waals surface area contributed by atoms with Gasteiger partial charge in [0.2, 0.25) is 5.91 Å². The van der Waals surface area contributed by atoms with E-state index in [0.29, 0.717) is 25.8 Å². The van der Waals surface area contributed by atoms with Crippen LogP contribution in [0.5, 0.6) is 0 Å². The molecule has 0 radical (unpaired) electrons. The number of carbonyl (C=O) groups is 2. The van der Waals surface area contributed by atoms with Crippen molar-refractivity contribution in [3.8, 4) is 0 Å². The highest BCUT2D eigenvalue weighted by molar-refractivity contribution is 5.80. The van der Waals surface area contributed by atoms with Gasteiger partial charge in [0.05, 0.1) is 12.2 Å². The molecule has 2 atom stereocenters. The number of imidazole rings is 1. The van der Waals surface area contributed by atoms with Crippen LogP contribution in [0.3, 0.4) is 0 Å². The maximum absolute atomic E-state index is 11.9. The van der Waals surface area contributed by atoms with E-state index in [4.69, 9.17) is 5.11 Å². The fourth-order valence-corrected chi connectivity index (χ4v) is 2.48. The zero-order valence-corrected chi connectivity index (χ0v) is 10.8. The third-order valence-electron chi connectivity index (χ3n) is 3.60. The summed E-state index contributed by atoms with van der Waals surface area (Å²) >= 11 is 0. The summed E-state index contributed by atoms with van der Waals surface area (Å²) < 4.78 is 1.96. The summed E-state index contributed by atoms with van der Waals surface area (Å²) in [4.78, 5) is 26.6.